The van der Waals surface area contributed by atoms with Crippen LogP contribution >= 0.6 is 27.5 Å². The Balaban J connectivity index is 1.79. The summed E-state index contributed by atoms with van der Waals surface area (Å²) in [4.78, 5) is 25.8. The van der Waals surface area contributed by atoms with Crippen LogP contribution in [0.15, 0.2) is 46.9 Å². The van der Waals surface area contributed by atoms with Crippen molar-refractivity contribution in [3.63, 3.8) is 0 Å². The maximum absolute atomic E-state index is 12.3. The smallest absolute Gasteiger partial charge is 0.256 e. The van der Waals surface area contributed by atoms with E-state index in [4.69, 9.17) is 11.6 Å². The summed E-state index contributed by atoms with van der Waals surface area (Å²) in [5.41, 5.74) is 1.82. The Hall–Kier alpha value is -1.85. The Morgan fingerprint density at radius 3 is 2.65 bits per heavy atom. The molecule has 1 N–H and O–H groups in total. The molecular formula is C17H14BrClN2O2. The Morgan fingerprint density at radius 1 is 1.22 bits per heavy atom. The van der Waals surface area contributed by atoms with E-state index < -0.39 is 0 Å². The molecule has 0 spiro atoms. The van der Waals surface area contributed by atoms with Crippen molar-refractivity contribution in [1.82, 2.24) is 0 Å². The molecule has 0 unspecified atom stereocenters. The fourth-order valence-corrected chi connectivity index (χ4v) is 3.30. The van der Waals surface area contributed by atoms with Crippen molar-refractivity contribution in [1.29, 1.82) is 0 Å². The van der Waals surface area contributed by atoms with Gasteiger partial charge in [-0.05, 0) is 52.7 Å². The Bertz CT molecular complexity index is 779. The molecule has 0 aromatic heterocycles. The first-order valence-electron chi connectivity index (χ1n) is 7.22. The largest absolute Gasteiger partial charge is 0.322 e. The van der Waals surface area contributed by atoms with Crippen molar-refractivity contribution in [3.05, 3.63) is 57.5 Å². The molecule has 1 saturated heterocycles. The van der Waals surface area contributed by atoms with Crippen LogP contribution in [0.4, 0.5) is 11.4 Å². The van der Waals surface area contributed by atoms with Gasteiger partial charge in [0.2, 0.25) is 5.91 Å². The lowest BCUT2D eigenvalue weighted by atomic mass is 10.2. The van der Waals surface area contributed by atoms with Crippen molar-refractivity contribution in [2.45, 2.75) is 12.8 Å². The van der Waals surface area contributed by atoms with Crippen LogP contribution < -0.4 is 10.2 Å². The van der Waals surface area contributed by atoms with Gasteiger partial charge >= 0.3 is 0 Å². The second kappa shape index (κ2) is 6.72. The van der Waals surface area contributed by atoms with E-state index in [0.717, 1.165) is 10.9 Å². The highest BCUT2D eigenvalue weighted by atomic mass is 79.9. The van der Waals surface area contributed by atoms with Gasteiger partial charge in [-0.15, -0.1) is 0 Å². The first-order chi connectivity index (χ1) is 11.1. The number of carbonyl (C=O) groups is 2. The second-order valence-corrected chi connectivity index (χ2v) is 6.51. The minimum absolute atomic E-state index is 0.0805. The lowest BCUT2D eigenvalue weighted by Crippen LogP contribution is -2.24. The number of nitrogens with one attached hydrogen (secondary N) is 1. The van der Waals surface area contributed by atoms with Crippen LogP contribution in [-0.4, -0.2) is 18.4 Å². The molecule has 4 nitrogen and oxygen atoms in total. The standard InChI is InChI=1S/C17H14BrClN2O2/c18-13-5-2-1-4-12(13)17(23)20-11-7-8-15(14(19)10-11)21-9-3-6-16(21)22/h1-2,4-5,7-8,10H,3,6,9H2,(H,20,23). The van der Waals surface area contributed by atoms with Crippen molar-refractivity contribution in [2.24, 2.45) is 0 Å². The van der Waals surface area contributed by atoms with Crippen molar-refractivity contribution in [2.75, 3.05) is 16.8 Å². The summed E-state index contributed by atoms with van der Waals surface area (Å²) in [7, 11) is 0. The summed E-state index contributed by atoms with van der Waals surface area (Å²) in [5, 5.41) is 3.26. The number of nitrogens with zero attached hydrogens (tertiary/aromatic N) is 1. The molecular weight excluding hydrogens is 380 g/mol. The van der Waals surface area contributed by atoms with Gasteiger partial charge in [0.05, 0.1) is 16.3 Å². The van der Waals surface area contributed by atoms with Crippen LogP contribution in [0.1, 0.15) is 23.2 Å². The fourth-order valence-electron chi connectivity index (χ4n) is 2.55. The first-order valence-corrected chi connectivity index (χ1v) is 8.39. The van der Waals surface area contributed by atoms with Gasteiger partial charge in [0.25, 0.3) is 5.91 Å². The van der Waals surface area contributed by atoms with E-state index in [2.05, 4.69) is 21.2 Å². The zero-order valence-electron chi connectivity index (χ0n) is 12.2. The molecule has 0 atom stereocenters. The number of hydrogen-bond donors (Lipinski definition) is 1. The van der Waals surface area contributed by atoms with Gasteiger partial charge in [0, 0.05) is 23.1 Å². The third-order valence-corrected chi connectivity index (χ3v) is 4.68. The lowest BCUT2D eigenvalue weighted by Gasteiger charge is -2.18. The van der Waals surface area contributed by atoms with Crippen LogP contribution in [-0.2, 0) is 4.79 Å². The van der Waals surface area contributed by atoms with Gasteiger partial charge in [-0.25, -0.2) is 0 Å². The van der Waals surface area contributed by atoms with Crippen molar-refractivity contribution in [3.8, 4) is 0 Å². The third kappa shape index (κ3) is 3.41. The second-order valence-electron chi connectivity index (χ2n) is 5.25. The topological polar surface area (TPSA) is 49.4 Å². The Kier molecular flexibility index (Phi) is 4.68. The summed E-state index contributed by atoms with van der Waals surface area (Å²) in [6.07, 6.45) is 1.40. The van der Waals surface area contributed by atoms with Crippen LogP contribution in [0.5, 0.6) is 0 Å². The lowest BCUT2D eigenvalue weighted by molar-refractivity contribution is -0.117. The zero-order chi connectivity index (χ0) is 16.4. The summed E-state index contributed by atoms with van der Waals surface area (Å²) in [5.74, 6) is -0.143. The van der Waals surface area contributed by atoms with E-state index in [0.29, 0.717) is 34.9 Å². The summed E-state index contributed by atoms with van der Waals surface area (Å²) < 4.78 is 0.725. The summed E-state index contributed by atoms with van der Waals surface area (Å²) in [6, 6.07) is 12.4. The van der Waals surface area contributed by atoms with E-state index in [1.54, 1.807) is 35.2 Å². The van der Waals surface area contributed by atoms with E-state index >= 15 is 0 Å². The van der Waals surface area contributed by atoms with Gasteiger partial charge in [0.15, 0.2) is 0 Å². The highest BCUT2D eigenvalue weighted by molar-refractivity contribution is 9.10. The number of amides is 2. The molecule has 1 heterocycles. The summed E-state index contributed by atoms with van der Waals surface area (Å²) in [6.45, 7) is 0.682. The van der Waals surface area contributed by atoms with Gasteiger partial charge in [0.1, 0.15) is 0 Å². The van der Waals surface area contributed by atoms with Crippen molar-refractivity contribution >= 4 is 50.7 Å². The molecule has 2 aromatic rings. The number of rotatable bonds is 3. The molecule has 2 aromatic carbocycles. The van der Waals surface area contributed by atoms with Crippen LogP contribution in [0, 0.1) is 0 Å². The number of carbonyl (C=O) groups excluding carboxylic acids is 2. The van der Waals surface area contributed by atoms with Gasteiger partial charge < -0.3 is 10.2 Å². The third-order valence-electron chi connectivity index (χ3n) is 3.69. The first kappa shape index (κ1) is 16.0. The van der Waals surface area contributed by atoms with E-state index in [-0.39, 0.29) is 11.8 Å². The normalized spacial score (nSPS) is 14.2. The number of halogens is 2. The molecule has 1 fully saturated rings. The van der Waals surface area contributed by atoms with Crippen LogP contribution in [0.3, 0.4) is 0 Å². The highest BCUT2D eigenvalue weighted by Crippen LogP contribution is 2.32. The van der Waals surface area contributed by atoms with E-state index in [1.807, 2.05) is 12.1 Å². The highest BCUT2D eigenvalue weighted by Gasteiger charge is 2.23. The number of benzene rings is 2. The molecule has 2 amide bonds. The quantitative estimate of drug-likeness (QED) is 0.836. The average molecular weight is 394 g/mol. The minimum atomic E-state index is -0.224. The van der Waals surface area contributed by atoms with Gasteiger partial charge in [-0.3, -0.25) is 9.59 Å². The molecule has 0 aliphatic carbocycles. The predicted molar refractivity (Wildman–Crippen MR) is 95.1 cm³/mol. The van der Waals surface area contributed by atoms with E-state index in [9.17, 15) is 9.59 Å². The average Bonchev–Trinajstić information content (AvgIpc) is 2.94. The minimum Gasteiger partial charge on any atom is -0.322 e. The molecule has 1 aliphatic rings. The predicted octanol–water partition coefficient (Wildman–Crippen LogP) is 4.48. The number of anilines is 2. The molecule has 0 radical (unpaired) electrons. The van der Waals surface area contributed by atoms with Gasteiger partial charge in [-0.1, -0.05) is 23.7 Å². The molecule has 6 heteroatoms. The van der Waals surface area contributed by atoms with Crippen molar-refractivity contribution < 1.29 is 9.59 Å². The summed E-state index contributed by atoms with van der Waals surface area (Å²) >= 11 is 9.64. The zero-order valence-corrected chi connectivity index (χ0v) is 14.5. The molecule has 0 saturated carbocycles. The monoisotopic (exact) mass is 392 g/mol. The SMILES string of the molecule is O=C(Nc1ccc(N2CCCC2=O)c(Cl)c1)c1ccccc1Br. The Labute approximate surface area is 147 Å². The molecule has 23 heavy (non-hydrogen) atoms. The molecule has 1 aliphatic heterocycles. The molecule has 3 rings (SSSR count). The van der Waals surface area contributed by atoms with E-state index in [1.165, 1.54) is 0 Å². The molecule has 0 bridgehead atoms. The maximum atomic E-state index is 12.3. The molecule has 118 valence electrons. The fraction of sp³-hybridized carbons (Fsp3) is 0.176. The maximum Gasteiger partial charge on any atom is 0.256 e. The van der Waals surface area contributed by atoms with Gasteiger partial charge in [-0.2, -0.15) is 0 Å². The van der Waals surface area contributed by atoms with Crippen LogP contribution in [0.25, 0.3) is 0 Å². The Morgan fingerprint density at radius 2 is 2.00 bits per heavy atom. The van der Waals surface area contributed by atoms with Crippen LogP contribution in [0.2, 0.25) is 5.02 Å². The number of hydrogen-bond acceptors (Lipinski definition) is 2.